The van der Waals surface area contributed by atoms with Crippen molar-refractivity contribution in [3.05, 3.63) is 0 Å². The zero-order valence-electron chi connectivity index (χ0n) is 6.30. The molecule has 9 nitrogen and oxygen atoms in total. The van der Waals surface area contributed by atoms with E-state index in [9.17, 15) is 0 Å². The van der Waals surface area contributed by atoms with Crippen LogP contribution in [0.4, 0.5) is 0 Å². The van der Waals surface area contributed by atoms with Crippen LogP contribution >= 0.6 is 9.90 Å². The fraction of sp³-hybridized carbons (Fsp3) is 0. The van der Waals surface area contributed by atoms with E-state index in [0.29, 0.717) is 0 Å². The number of hydrogen-bond acceptors (Lipinski definition) is 9. The molecule has 1 unspecified atom stereocenters. The summed E-state index contributed by atoms with van der Waals surface area (Å²) >= 11 is -11.8. The van der Waals surface area contributed by atoms with Crippen LogP contribution in [0.3, 0.4) is 0 Å². The fourth-order valence-electron chi connectivity index (χ4n) is 0. The van der Waals surface area contributed by atoms with Gasteiger partial charge in [-0.1, -0.05) is 0 Å². The largest absolute Gasteiger partial charge is 3.00 e. The van der Waals surface area contributed by atoms with Gasteiger partial charge in [-0.15, -0.1) is 0 Å². The average molecular weight is 420 g/mol. The summed E-state index contributed by atoms with van der Waals surface area (Å²) in [4.78, 5) is 0. The smallest absolute Gasteiger partial charge is 3.00 e. The molecule has 0 N–H and O–H groups in total. The molecule has 0 rings (SSSR count). The monoisotopic (exact) mass is 420 g/mol. The van der Waals surface area contributed by atoms with Crippen molar-refractivity contribution in [1.82, 2.24) is 0 Å². The van der Waals surface area contributed by atoms with Gasteiger partial charge in [0.1, 0.15) is 0 Å². The van der Waals surface area contributed by atoms with Crippen LogP contribution in [0.25, 0.3) is 0 Å². The summed E-state index contributed by atoms with van der Waals surface area (Å²) in [7, 11) is 0. The van der Waals surface area contributed by atoms with E-state index in [1.54, 1.807) is 0 Å². The maximum absolute atomic E-state index is 8.56. The second-order valence-corrected chi connectivity index (χ2v) is 2.77. The molecule has 0 aromatic rings. The topological polar surface area (TPSA) is 172 Å². The van der Waals surface area contributed by atoms with E-state index in [1.165, 1.54) is 0 Å². The Morgan fingerprint density at radius 2 is 0.571 bits per heavy atom. The molecule has 0 bridgehead atoms. The summed E-state index contributed by atoms with van der Waals surface area (Å²) in [5, 5.41) is 0. The van der Waals surface area contributed by atoms with E-state index in [2.05, 4.69) is 0 Å². The molecule has 1 atom stereocenters. The molecule has 0 saturated carbocycles. The first kappa shape index (κ1) is 29.7. The van der Waals surface area contributed by atoms with Crippen molar-refractivity contribution in [2.24, 2.45) is 0 Å². The van der Waals surface area contributed by atoms with Crippen molar-refractivity contribution in [3.63, 3.8) is 0 Å². The van der Waals surface area contributed by atoms with E-state index < -0.39 is 46.2 Å². The molecule has 0 radical (unpaired) electrons. The van der Waals surface area contributed by atoms with Crippen molar-refractivity contribution in [2.45, 2.75) is 0 Å². The molecule has 0 heterocycles. The summed E-state index contributed by atoms with van der Waals surface area (Å²) < 4.78 is 77.1. The molecule has 0 aliphatic rings. The van der Waals surface area contributed by atoms with Crippen LogP contribution in [0.5, 0.6) is 0 Å². The predicted octanol–water partition coefficient (Wildman–Crippen LogP) is -4.23. The van der Waals surface area contributed by atoms with Crippen LogP contribution in [0.1, 0.15) is 0 Å². The van der Waals surface area contributed by atoms with Crippen molar-refractivity contribution in [2.75, 3.05) is 0 Å². The Morgan fingerprint density at radius 3 is 0.571 bits per heavy atom. The molecule has 14 heavy (non-hydrogen) atoms. The minimum absolute atomic E-state index is 0. The average Bonchev–Trinajstić information content (AvgIpc) is 1.54. The fourth-order valence-corrected chi connectivity index (χ4v) is 0. The summed E-state index contributed by atoms with van der Waals surface area (Å²) in [6.07, 6.45) is 0. The molecule has 0 aliphatic carbocycles. The molecule has 0 spiro atoms. The summed E-state index contributed by atoms with van der Waals surface area (Å²) in [5.41, 5.74) is 0. The SMILES string of the molecule is P.[O]=[V](=[O])[O-].[O]=[V](=[O])[O-].[O]=[V](=[O])[O-].[Y+3]. The molecular weight excluding hydrogens is 417 g/mol. The molecule has 80 valence electrons. The van der Waals surface area contributed by atoms with Crippen LogP contribution in [-0.2, 0) is 101 Å². The van der Waals surface area contributed by atoms with Gasteiger partial charge in [0.2, 0.25) is 0 Å². The van der Waals surface area contributed by atoms with Crippen LogP contribution in [0.2, 0.25) is 0 Å². The molecule has 0 fully saturated rings. The standard InChI is InChI=1S/9O.H3P.3V.Y/h;;;;;;;;;1H3;;;;/q;;;;;;3*-1;;;;;+3. The molecule has 0 saturated heterocycles. The molecule has 0 aliphatic heterocycles. The van der Waals surface area contributed by atoms with Gasteiger partial charge in [-0.05, 0) is 0 Å². The van der Waals surface area contributed by atoms with E-state index in [4.69, 9.17) is 34.1 Å². The Kier molecular flexibility index (Phi) is 51.6. The minimum atomic E-state index is -3.94. The third-order valence-corrected chi connectivity index (χ3v) is 0. The van der Waals surface area contributed by atoms with Gasteiger partial charge in [-0.2, -0.15) is 9.90 Å². The zero-order chi connectivity index (χ0) is 10.7. The van der Waals surface area contributed by atoms with Gasteiger partial charge >= 0.3 is 113 Å². The zero-order valence-corrected chi connectivity index (χ0v) is 14.7. The first-order chi connectivity index (χ1) is 5.20. The Bertz CT molecular complexity index is 213. The van der Waals surface area contributed by atoms with E-state index in [0.717, 1.165) is 0 Å². The second kappa shape index (κ2) is 24.3. The van der Waals surface area contributed by atoms with Crippen LogP contribution < -0.4 is 12.1 Å². The third kappa shape index (κ3) is 607. The molecular formula is H3O9PV3Y. The van der Waals surface area contributed by atoms with Crippen LogP contribution in [0.15, 0.2) is 0 Å². The first-order valence-corrected chi connectivity index (χ1v) is 6.77. The van der Waals surface area contributed by atoms with Crippen molar-refractivity contribution < 1.29 is 113 Å². The van der Waals surface area contributed by atoms with Gasteiger partial charge < -0.3 is 0 Å². The Morgan fingerprint density at radius 1 is 0.571 bits per heavy atom. The first-order valence-electron chi connectivity index (χ1n) is 1.64. The Hall–Kier alpha value is 1.97. The van der Waals surface area contributed by atoms with Crippen molar-refractivity contribution >= 4 is 9.90 Å². The summed E-state index contributed by atoms with van der Waals surface area (Å²) in [5.74, 6) is 0. The van der Waals surface area contributed by atoms with Crippen molar-refractivity contribution in [1.29, 1.82) is 0 Å². The van der Waals surface area contributed by atoms with E-state index in [1.807, 2.05) is 0 Å². The van der Waals surface area contributed by atoms with Gasteiger partial charge in [0.05, 0.1) is 0 Å². The van der Waals surface area contributed by atoms with Gasteiger partial charge in [-0.25, -0.2) is 0 Å². The Balaban J connectivity index is -0.0000000270. The number of hydrogen-bond donors (Lipinski definition) is 0. The van der Waals surface area contributed by atoms with Crippen molar-refractivity contribution in [3.8, 4) is 0 Å². The van der Waals surface area contributed by atoms with Gasteiger partial charge in [0, 0.05) is 0 Å². The maximum Gasteiger partial charge on any atom is 3.00 e. The van der Waals surface area contributed by atoms with Gasteiger partial charge in [0.25, 0.3) is 0 Å². The number of rotatable bonds is 0. The quantitative estimate of drug-likeness (QED) is 0.352. The third-order valence-electron chi connectivity index (χ3n) is 0. The predicted molar refractivity (Wildman–Crippen MR) is 15.2 cm³/mol. The molecule has 0 aromatic heterocycles. The molecule has 0 aromatic carbocycles. The maximum atomic E-state index is 8.56. The van der Waals surface area contributed by atoms with Crippen LogP contribution in [0, 0.1) is 0 Å². The molecule has 14 heteroatoms. The summed E-state index contributed by atoms with van der Waals surface area (Å²) in [6, 6.07) is 0. The second-order valence-electron chi connectivity index (χ2n) is 0.671. The van der Waals surface area contributed by atoms with Crippen LogP contribution in [-0.4, -0.2) is 0 Å². The van der Waals surface area contributed by atoms with E-state index in [-0.39, 0.29) is 42.6 Å². The minimum Gasteiger partial charge on any atom is 3.00 e. The van der Waals surface area contributed by atoms with Gasteiger partial charge in [-0.3, -0.25) is 0 Å². The molecule has 0 amide bonds. The summed E-state index contributed by atoms with van der Waals surface area (Å²) in [6.45, 7) is 0. The van der Waals surface area contributed by atoms with Gasteiger partial charge in [0.15, 0.2) is 0 Å². The normalized spacial score (nSPS) is 5.36. The Labute approximate surface area is 121 Å². The van der Waals surface area contributed by atoms with E-state index >= 15 is 0 Å².